The van der Waals surface area contributed by atoms with Gasteiger partial charge in [-0.05, 0) is 24.1 Å². The summed E-state index contributed by atoms with van der Waals surface area (Å²) < 4.78 is 35.0. The smallest absolute Gasteiger partial charge is 0.273 e. The van der Waals surface area contributed by atoms with E-state index in [1.165, 1.54) is 0 Å². The van der Waals surface area contributed by atoms with E-state index in [9.17, 15) is 18.0 Å². The molecule has 94 valence electrons. The molecular formula is C10H11F3N2O2. The molecule has 1 N–H and O–H groups in total. The first-order chi connectivity index (χ1) is 7.97. The summed E-state index contributed by atoms with van der Waals surface area (Å²) in [5.74, 6) is -0.592. The molecule has 0 saturated heterocycles. The van der Waals surface area contributed by atoms with Crippen LogP contribution in [-0.2, 0) is 16.1 Å². The summed E-state index contributed by atoms with van der Waals surface area (Å²) in [6, 6.07) is 3.45. The van der Waals surface area contributed by atoms with Crippen LogP contribution in [0.15, 0.2) is 24.5 Å². The highest BCUT2D eigenvalue weighted by atomic mass is 19.4. The number of hydrogen-bond acceptors (Lipinski definition) is 3. The van der Waals surface area contributed by atoms with E-state index >= 15 is 0 Å². The van der Waals surface area contributed by atoms with Gasteiger partial charge in [0.25, 0.3) is 0 Å². The number of halogens is 3. The van der Waals surface area contributed by atoms with E-state index in [2.05, 4.69) is 9.82 Å². The zero-order chi connectivity index (χ0) is 12.7. The van der Waals surface area contributed by atoms with Crippen LogP contribution in [0.3, 0.4) is 0 Å². The molecule has 1 rings (SSSR count). The van der Waals surface area contributed by atoms with Gasteiger partial charge < -0.3 is 0 Å². The van der Waals surface area contributed by atoms with Crippen LogP contribution in [0.5, 0.6) is 0 Å². The van der Waals surface area contributed by atoms with E-state index in [-0.39, 0.29) is 6.42 Å². The molecule has 0 spiro atoms. The lowest BCUT2D eigenvalue weighted by molar-refractivity contribution is -0.191. The van der Waals surface area contributed by atoms with Gasteiger partial charge in [-0.2, -0.15) is 13.2 Å². The normalized spacial score (nSPS) is 11.2. The molecule has 17 heavy (non-hydrogen) atoms. The molecule has 4 nitrogen and oxygen atoms in total. The van der Waals surface area contributed by atoms with Crippen molar-refractivity contribution in [3.63, 3.8) is 0 Å². The van der Waals surface area contributed by atoms with Crippen LogP contribution in [0.2, 0.25) is 0 Å². The van der Waals surface area contributed by atoms with Crippen molar-refractivity contribution < 1.29 is 22.8 Å². The molecule has 0 aliphatic rings. The van der Waals surface area contributed by atoms with Crippen molar-refractivity contribution in [2.45, 2.75) is 19.0 Å². The Morgan fingerprint density at radius 3 is 2.59 bits per heavy atom. The van der Waals surface area contributed by atoms with E-state index < -0.39 is 18.7 Å². The molecule has 7 heteroatoms. The fraction of sp³-hybridized carbons (Fsp3) is 0.400. The molecule has 0 saturated carbocycles. The highest BCUT2D eigenvalue weighted by Gasteiger charge is 2.28. The first-order valence-corrected chi connectivity index (χ1v) is 4.83. The zero-order valence-corrected chi connectivity index (χ0v) is 8.83. The minimum atomic E-state index is -4.45. The minimum Gasteiger partial charge on any atom is -0.273 e. The molecule has 0 unspecified atom stereocenters. The second-order valence-corrected chi connectivity index (χ2v) is 3.28. The Morgan fingerprint density at radius 1 is 1.35 bits per heavy atom. The SMILES string of the molecule is O=C(CCc1ccncc1)NOCC(F)(F)F. The Kier molecular flexibility index (Phi) is 4.89. The molecule has 0 fully saturated rings. The van der Waals surface area contributed by atoms with E-state index in [4.69, 9.17) is 0 Å². The van der Waals surface area contributed by atoms with Crippen LogP contribution in [0.4, 0.5) is 13.2 Å². The van der Waals surface area contributed by atoms with Gasteiger partial charge in [-0.1, -0.05) is 0 Å². The largest absolute Gasteiger partial charge is 0.414 e. The highest BCUT2D eigenvalue weighted by molar-refractivity contribution is 5.75. The molecule has 0 aliphatic heterocycles. The molecule has 0 radical (unpaired) electrons. The van der Waals surface area contributed by atoms with Gasteiger partial charge in [0.15, 0.2) is 6.61 Å². The van der Waals surface area contributed by atoms with Gasteiger partial charge in [0.05, 0.1) is 0 Å². The third-order valence-electron chi connectivity index (χ3n) is 1.81. The number of rotatable bonds is 5. The number of carbonyl (C=O) groups excluding carboxylic acids is 1. The fourth-order valence-corrected chi connectivity index (χ4v) is 1.06. The number of aromatic nitrogens is 1. The maximum atomic E-state index is 11.7. The average Bonchev–Trinajstić information content (AvgIpc) is 2.26. The van der Waals surface area contributed by atoms with Crippen molar-refractivity contribution >= 4 is 5.91 Å². The first-order valence-electron chi connectivity index (χ1n) is 4.83. The predicted molar refractivity (Wildman–Crippen MR) is 52.7 cm³/mol. The number of alkyl halides is 3. The van der Waals surface area contributed by atoms with Gasteiger partial charge in [-0.25, -0.2) is 5.48 Å². The van der Waals surface area contributed by atoms with Crippen LogP contribution in [0, 0.1) is 0 Å². The van der Waals surface area contributed by atoms with Gasteiger partial charge in [-0.3, -0.25) is 14.6 Å². The van der Waals surface area contributed by atoms with Gasteiger partial charge in [0.2, 0.25) is 5.91 Å². The molecule has 0 aromatic carbocycles. The molecule has 0 bridgehead atoms. The van der Waals surface area contributed by atoms with E-state index in [0.717, 1.165) is 5.56 Å². The minimum absolute atomic E-state index is 0.0574. The lowest BCUT2D eigenvalue weighted by atomic mass is 10.1. The molecule has 0 atom stereocenters. The first kappa shape index (κ1) is 13.4. The molecule has 1 aromatic heterocycles. The standard InChI is InChI=1S/C10H11F3N2O2/c11-10(12,13)7-17-15-9(16)2-1-8-3-5-14-6-4-8/h3-6H,1-2,7H2,(H,15,16). The molecule has 1 amide bonds. The highest BCUT2D eigenvalue weighted by Crippen LogP contribution is 2.13. The van der Waals surface area contributed by atoms with Crippen molar-refractivity contribution in [3.05, 3.63) is 30.1 Å². The number of amides is 1. The number of hydrogen-bond donors (Lipinski definition) is 1. The maximum Gasteiger partial charge on any atom is 0.414 e. The topological polar surface area (TPSA) is 51.2 Å². The van der Waals surface area contributed by atoms with E-state index in [1.807, 2.05) is 0 Å². The Balaban J connectivity index is 2.18. The van der Waals surface area contributed by atoms with E-state index in [1.54, 1.807) is 30.0 Å². The molecule has 1 heterocycles. The summed E-state index contributed by atoms with van der Waals surface area (Å²) in [4.78, 5) is 18.9. The van der Waals surface area contributed by atoms with Crippen LogP contribution in [0.25, 0.3) is 0 Å². The third kappa shape index (κ3) is 6.52. The van der Waals surface area contributed by atoms with Crippen molar-refractivity contribution in [3.8, 4) is 0 Å². The number of nitrogens with one attached hydrogen (secondary N) is 1. The number of carbonyl (C=O) groups is 1. The van der Waals surface area contributed by atoms with Crippen LogP contribution >= 0.6 is 0 Å². The third-order valence-corrected chi connectivity index (χ3v) is 1.81. The van der Waals surface area contributed by atoms with Gasteiger partial charge >= 0.3 is 6.18 Å². The summed E-state index contributed by atoms with van der Waals surface area (Å²) in [5, 5.41) is 0. The summed E-state index contributed by atoms with van der Waals surface area (Å²) in [7, 11) is 0. The Morgan fingerprint density at radius 2 is 2.00 bits per heavy atom. The van der Waals surface area contributed by atoms with Gasteiger partial charge in [-0.15, -0.1) is 0 Å². The second-order valence-electron chi connectivity index (χ2n) is 3.28. The molecular weight excluding hydrogens is 237 g/mol. The van der Waals surface area contributed by atoms with Crippen molar-refractivity contribution in [1.29, 1.82) is 0 Å². The Labute approximate surface area is 95.8 Å². The average molecular weight is 248 g/mol. The van der Waals surface area contributed by atoms with Crippen molar-refractivity contribution in [2.24, 2.45) is 0 Å². The number of aryl methyl sites for hydroxylation is 1. The maximum absolute atomic E-state index is 11.7. The number of nitrogens with zero attached hydrogens (tertiary/aromatic N) is 1. The lowest BCUT2D eigenvalue weighted by Gasteiger charge is -2.08. The number of pyridine rings is 1. The molecule has 0 aliphatic carbocycles. The van der Waals surface area contributed by atoms with Gasteiger partial charge in [0, 0.05) is 18.8 Å². The lowest BCUT2D eigenvalue weighted by Crippen LogP contribution is -2.29. The summed E-state index contributed by atoms with van der Waals surface area (Å²) in [6.45, 7) is -1.49. The summed E-state index contributed by atoms with van der Waals surface area (Å²) in [6.07, 6.45) is -0.815. The zero-order valence-electron chi connectivity index (χ0n) is 8.83. The summed E-state index contributed by atoms with van der Waals surface area (Å²) >= 11 is 0. The van der Waals surface area contributed by atoms with Crippen LogP contribution < -0.4 is 5.48 Å². The fourth-order valence-electron chi connectivity index (χ4n) is 1.06. The van der Waals surface area contributed by atoms with Gasteiger partial charge in [0.1, 0.15) is 0 Å². The Bertz CT molecular complexity index is 354. The second kappa shape index (κ2) is 6.19. The Hall–Kier alpha value is -1.63. The summed E-state index contributed by atoms with van der Waals surface area (Å²) in [5.41, 5.74) is 2.62. The molecule has 1 aromatic rings. The van der Waals surface area contributed by atoms with Crippen LogP contribution in [0.1, 0.15) is 12.0 Å². The van der Waals surface area contributed by atoms with Crippen LogP contribution in [-0.4, -0.2) is 23.7 Å². The van der Waals surface area contributed by atoms with E-state index in [0.29, 0.717) is 6.42 Å². The van der Waals surface area contributed by atoms with Crippen molar-refractivity contribution in [1.82, 2.24) is 10.5 Å². The monoisotopic (exact) mass is 248 g/mol. The predicted octanol–water partition coefficient (Wildman–Crippen LogP) is 1.62. The number of hydroxylamine groups is 1. The quantitative estimate of drug-likeness (QED) is 0.806. The van der Waals surface area contributed by atoms with Crippen molar-refractivity contribution in [2.75, 3.05) is 6.61 Å².